The summed E-state index contributed by atoms with van der Waals surface area (Å²) in [6.45, 7) is 6.85. The highest BCUT2D eigenvalue weighted by atomic mass is 32.2. The number of allylic oxidation sites excluding steroid dienone is 2. The van der Waals surface area contributed by atoms with Crippen molar-refractivity contribution in [1.82, 2.24) is 0 Å². The summed E-state index contributed by atoms with van der Waals surface area (Å²) in [5, 5.41) is 9.42. The van der Waals surface area contributed by atoms with Crippen LogP contribution < -0.4 is 0 Å². The molecule has 0 aromatic heterocycles. The lowest BCUT2D eigenvalue weighted by atomic mass is 10.0. The van der Waals surface area contributed by atoms with Crippen LogP contribution >= 0.6 is 11.8 Å². The molecule has 70 valence electrons. The van der Waals surface area contributed by atoms with E-state index < -0.39 is 0 Å². The lowest BCUT2D eigenvalue weighted by Crippen LogP contribution is -2.11. The molecule has 1 heterocycles. The third kappa shape index (κ3) is 2.53. The maximum absolute atomic E-state index is 8.91. The molecule has 0 bridgehead atoms. The summed E-state index contributed by atoms with van der Waals surface area (Å²) >= 11 is 1.91. The van der Waals surface area contributed by atoms with Crippen LogP contribution in [0.3, 0.4) is 0 Å². The van der Waals surface area contributed by atoms with E-state index in [-0.39, 0.29) is 0 Å². The van der Waals surface area contributed by atoms with E-state index in [9.17, 15) is 0 Å². The Morgan fingerprint density at radius 1 is 1.58 bits per heavy atom. The zero-order chi connectivity index (χ0) is 9.19. The van der Waals surface area contributed by atoms with Gasteiger partial charge in [-0.2, -0.15) is 0 Å². The molecule has 1 N–H and O–H groups in total. The van der Waals surface area contributed by atoms with Gasteiger partial charge in [-0.3, -0.25) is 0 Å². The Morgan fingerprint density at radius 3 is 2.67 bits per heavy atom. The third-order valence-electron chi connectivity index (χ3n) is 2.39. The molecule has 0 aliphatic carbocycles. The molecule has 1 fully saturated rings. The second kappa shape index (κ2) is 3.84. The van der Waals surface area contributed by atoms with E-state index in [1.54, 1.807) is 0 Å². The van der Waals surface area contributed by atoms with Crippen LogP contribution in [0, 0.1) is 0 Å². The summed E-state index contributed by atoms with van der Waals surface area (Å²) in [5.74, 6) is 0. The molecule has 2 heteroatoms. The zero-order valence-corrected chi connectivity index (χ0v) is 8.95. The highest BCUT2D eigenvalue weighted by Crippen LogP contribution is 2.55. The standard InChI is InChI=1S/C10H18OS/c1-8(2)5-4-6-10(3)9(7-11)12-10/h5,9,11H,4,6-7H2,1-3H3/t9-,10+/m0/s1. The van der Waals surface area contributed by atoms with Crippen LogP contribution in [0.15, 0.2) is 11.6 Å². The molecule has 1 aliphatic rings. The average molecular weight is 186 g/mol. The number of aliphatic hydroxyl groups is 1. The Hall–Kier alpha value is 0.0500. The van der Waals surface area contributed by atoms with E-state index in [1.165, 1.54) is 12.0 Å². The molecule has 0 saturated carbocycles. The van der Waals surface area contributed by atoms with Crippen molar-refractivity contribution in [3.8, 4) is 0 Å². The highest BCUT2D eigenvalue weighted by molar-refractivity contribution is 8.08. The van der Waals surface area contributed by atoms with E-state index in [2.05, 4.69) is 26.8 Å². The summed E-state index contributed by atoms with van der Waals surface area (Å²) in [6.07, 6.45) is 4.63. The molecule has 1 aliphatic heterocycles. The van der Waals surface area contributed by atoms with Crippen molar-refractivity contribution in [1.29, 1.82) is 0 Å². The maximum atomic E-state index is 8.91. The molecule has 0 spiro atoms. The SMILES string of the molecule is CC(C)=CCC[C@@]1(C)S[C@H]1CO. The van der Waals surface area contributed by atoms with E-state index in [0.29, 0.717) is 16.6 Å². The molecular weight excluding hydrogens is 168 g/mol. The van der Waals surface area contributed by atoms with Gasteiger partial charge in [-0.15, -0.1) is 11.8 Å². The van der Waals surface area contributed by atoms with Gasteiger partial charge in [0.15, 0.2) is 0 Å². The first kappa shape index (κ1) is 10.1. The van der Waals surface area contributed by atoms with Gasteiger partial charge in [0.1, 0.15) is 0 Å². The van der Waals surface area contributed by atoms with Gasteiger partial charge < -0.3 is 5.11 Å². The Kier molecular flexibility index (Phi) is 3.24. The minimum Gasteiger partial charge on any atom is -0.395 e. The normalized spacial score (nSPS) is 33.2. The maximum Gasteiger partial charge on any atom is 0.0563 e. The van der Waals surface area contributed by atoms with Gasteiger partial charge in [-0.05, 0) is 33.6 Å². The smallest absolute Gasteiger partial charge is 0.0563 e. The zero-order valence-electron chi connectivity index (χ0n) is 8.13. The lowest BCUT2D eigenvalue weighted by molar-refractivity contribution is 0.292. The second-order valence-electron chi connectivity index (χ2n) is 3.92. The predicted molar refractivity (Wildman–Crippen MR) is 55.5 cm³/mol. The molecule has 0 aromatic rings. The van der Waals surface area contributed by atoms with Crippen LogP contribution in [0.1, 0.15) is 33.6 Å². The van der Waals surface area contributed by atoms with Gasteiger partial charge in [0.2, 0.25) is 0 Å². The third-order valence-corrected chi connectivity index (χ3v) is 4.12. The predicted octanol–water partition coefficient (Wildman–Crippen LogP) is 2.60. The Bertz CT molecular complexity index is 184. The van der Waals surface area contributed by atoms with Gasteiger partial charge in [0.25, 0.3) is 0 Å². The Balaban J connectivity index is 2.21. The average Bonchev–Trinajstić information content (AvgIpc) is 2.61. The molecule has 0 unspecified atom stereocenters. The topological polar surface area (TPSA) is 20.2 Å². The lowest BCUT2D eigenvalue weighted by Gasteiger charge is -2.05. The molecule has 0 amide bonds. The first-order chi connectivity index (χ1) is 5.58. The first-order valence-electron chi connectivity index (χ1n) is 4.50. The van der Waals surface area contributed by atoms with Crippen molar-refractivity contribution >= 4 is 11.8 Å². The molecule has 1 nitrogen and oxygen atoms in total. The fourth-order valence-electron chi connectivity index (χ4n) is 1.39. The summed E-state index contributed by atoms with van der Waals surface area (Å²) in [6, 6.07) is 0. The van der Waals surface area contributed by atoms with Gasteiger partial charge in [0, 0.05) is 10.00 Å². The molecular formula is C10H18OS. The highest BCUT2D eigenvalue weighted by Gasteiger charge is 2.49. The van der Waals surface area contributed by atoms with Gasteiger partial charge in [-0.25, -0.2) is 0 Å². The number of hydrogen-bond donors (Lipinski definition) is 1. The number of thioether (sulfide) groups is 1. The van der Waals surface area contributed by atoms with Crippen molar-refractivity contribution in [2.75, 3.05) is 6.61 Å². The van der Waals surface area contributed by atoms with Crippen molar-refractivity contribution in [3.05, 3.63) is 11.6 Å². The van der Waals surface area contributed by atoms with E-state index in [0.717, 1.165) is 6.42 Å². The van der Waals surface area contributed by atoms with Crippen molar-refractivity contribution in [2.24, 2.45) is 0 Å². The molecule has 2 atom stereocenters. The Labute approximate surface area is 79.2 Å². The summed E-state index contributed by atoms with van der Waals surface area (Å²) < 4.78 is 0.376. The van der Waals surface area contributed by atoms with E-state index >= 15 is 0 Å². The van der Waals surface area contributed by atoms with Crippen LogP contribution in [-0.4, -0.2) is 21.7 Å². The van der Waals surface area contributed by atoms with Crippen LogP contribution in [0.5, 0.6) is 0 Å². The van der Waals surface area contributed by atoms with Crippen molar-refractivity contribution in [3.63, 3.8) is 0 Å². The number of rotatable bonds is 4. The minimum atomic E-state index is 0.343. The molecule has 12 heavy (non-hydrogen) atoms. The van der Waals surface area contributed by atoms with Crippen molar-refractivity contribution in [2.45, 2.75) is 43.6 Å². The van der Waals surface area contributed by atoms with Gasteiger partial charge >= 0.3 is 0 Å². The van der Waals surface area contributed by atoms with E-state index in [4.69, 9.17) is 5.11 Å². The van der Waals surface area contributed by atoms with Gasteiger partial charge in [0.05, 0.1) is 6.61 Å². The molecule has 0 radical (unpaired) electrons. The van der Waals surface area contributed by atoms with Crippen LogP contribution in [0.4, 0.5) is 0 Å². The number of hydrogen-bond acceptors (Lipinski definition) is 2. The summed E-state index contributed by atoms with van der Waals surface area (Å²) in [7, 11) is 0. The van der Waals surface area contributed by atoms with Gasteiger partial charge in [-0.1, -0.05) is 11.6 Å². The minimum absolute atomic E-state index is 0.343. The Morgan fingerprint density at radius 2 is 2.25 bits per heavy atom. The van der Waals surface area contributed by atoms with Crippen molar-refractivity contribution < 1.29 is 5.11 Å². The monoisotopic (exact) mass is 186 g/mol. The van der Waals surface area contributed by atoms with Crippen LogP contribution in [-0.2, 0) is 0 Å². The first-order valence-corrected chi connectivity index (χ1v) is 5.38. The van der Waals surface area contributed by atoms with E-state index in [1.807, 2.05) is 11.8 Å². The summed E-state index contributed by atoms with van der Waals surface area (Å²) in [5.41, 5.74) is 1.39. The fraction of sp³-hybridized carbons (Fsp3) is 0.800. The molecule has 1 saturated heterocycles. The number of aliphatic hydroxyl groups excluding tert-OH is 1. The quantitative estimate of drug-likeness (QED) is 0.538. The molecule has 0 aromatic carbocycles. The molecule has 1 rings (SSSR count). The summed E-state index contributed by atoms with van der Waals surface area (Å²) in [4.78, 5) is 0. The fourth-order valence-corrected chi connectivity index (χ4v) is 2.47. The van der Waals surface area contributed by atoms with Crippen LogP contribution in [0.2, 0.25) is 0 Å². The van der Waals surface area contributed by atoms with Crippen LogP contribution in [0.25, 0.3) is 0 Å². The largest absolute Gasteiger partial charge is 0.395 e. The second-order valence-corrected chi connectivity index (χ2v) is 5.66.